The van der Waals surface area contributed by atoms with Gasteiger partial charge in [-0.25, -0.2) is 0 Å². The Bertz CT molecular complexity index is 194. The molecule has 0 aliphatic heterocycles. The summed E-state index contributed by atoms with van der Waals surface area (Å²) in [5, 5.41) is 65.7. The van der Waals surface area contributed by atoms with Crippen LogP contribution in [0.15, 0.2) is 0 Å². The summed E-state index contributed by atoms with van der Waals surface area (Å²) in [5.74, 6) is 0. The van der Waals surface area contributed by atoms with Crippen LogP contribution in [0.2, 0.25) is 0 Å². The molecule has 0 aromatic carbocycles. The highest BCUT2D eigenvalue weighted by molar-refractivity contribution is 4.81. The fourth-order valence-corrected chi connectivity index (χ4v) is 1.15. The molecule has 104 valence electrons. The zero-order valence-electron chi connectivity index (χ0n) is 9.35. The zero-order valence-corrected chi connectivity index (χ0v) is 9.35. The molecule has 0 heterocycles. The smallest absolute Gasteiger partial charge is 0.111 e. The topological polar surface area (TPSA) is 154 Å². The summed E-state index contributed by atoms with van der Waals surface area (Å²) in [4.78, 5) is 0. The largest absolute Gasteiger partial charge is 0.394 e. The van der Waals surface area contributed by atoms with Crippen molar-refractivity contribution < 1.29 is 35.7 Å². The predicted molar refractivity (Wildman–Crippen MR) is 57.1 cm³/mol. The molecular formula is C9H21NO7. The van der Waals surface area contributed by atoms with Crippen LogP contribution in [-0.4, -0.2) is 92.6 Å². The van der Waals surface area contributed by atoms with Gasteiger partial charge in [0.05, 0.1) is 25.4 Å². The molecule has 0 aliphatic rings. The number of hydrogen-bond donors (Lipinski definition) is 8. The van der Waals surface area contributed by atoms with Gasteiger partial charge in [0.15, 0.2) is 0 Å². The van der Waals surface area contributed by atoms with E-state index in [1.54, 1.807) is 0 Å². The van der Waals surface area contributed by atoms with E-state index in [4.69, 9.17) is 20.4 Å². The van der Waals surface area contributed by atoms with Gasteiger partial charge in [-0.2, -0.15) is 0 Å². The molecule has 17 heavy (non-hydrogen) atoms. The second-order valence-corrected chi connectivity index (χ2v) is 3.79. The highest BCUT2D eigenvalue weighted by atomic mass is 16.4. The van der Waals surface area contributed by atoms with E-state index < -0.39 is 43.7 Å². The molecule has 0 bridgehead atoms. The van der Waals surface area contributed by atoms with Crippen LogP contribution in [0.5, 0.6) is 0 Å². The first-order chi connectivity index (χ1) is 7.93. The maximum absolute atomic E-state index is 9.41. The highest BCUT2D eigenvalue weighted by Crippen LogP contribution is 2.04. The van der Waals surface area contributed by atoms with Crippen LogP contribution in [-0.2, 0) is 0 Å². The van der Waals surface area contributed by atoms with E-state index in [0.717, 1.165) is 0 Å². The molecule has 0 aromatic heterocycles. The van der Waals surface area contributed by atoms with E-state index in [2.05, 4.69) is 5.32 Å². The summed E-state index contributed by atoms with van der Waals surface area (Å²) in [6.45, 7) is -1.30. The van der Waals surface area contributed by atoms with Crippen molar-refractivity contribution in [1.82, 2.24) is 5.32 Å². The van der Waals surface area contributed by atoms with Gasteiger partial charge in [-0.3, -0.25) is 0 Å². The van der Waals surface area contributed by atoms with E-state index in [0.29, 0.717) is 0 Å². The molecule has 8 heteroatoms. The summed E-state index contributed by atoms with van der Waals surface area (Å²) in [6.07, 6.45) is -7.19. The molecule has 0 saturated heterocycles. The minimum Gasteiger partial charge on any atom is -0.394 e. The van der Waals surface area contributed by atoms with Gasteiger partial charge in [0.1, 0.15) is 18.3 Å². The molecule has 5 unspecified atom stereocenters. The molecule has 5 atom stereocenters. The first-order valence-corrected chi connectivity index (χ1v) is 5.26. The lowest BCUT2D eigenvalue weighted by molar-refractivity contribution is -0.114. The van der Waals surface area contributed by atoms with E-state index in [1.807, 2.05) is 0 Å². The fourth-order valence-electron chi connectivity index (χ4n) is 1.15. The Balaban J connectivity index is 3.92. The van der Waals surface area contributed by atoms with Crippen LogP contribution in [0, 0.1) is 0 Å². The lowest BCUT2D eigenvalue weighted by Crippen LogP contribution is -2.49. The van der Waals surface area contributed by atoms with Gasteiger partial charge in [-0.1, -0.05) is 0 Å². The van der Waals surface area contributed by atoms with E-state index in [1.165, 1.54) is 0 Å². The van der Waals surface area contributed by atoms with Gasteiger partial charge in [0.25, 0.3) is 0 Å². The monoisotopic (exact) mass is 255 g/mol. The molecule has 0 saturated carbocycles. The number of aliphatic hydroxyl groups excluding tert-OH is 7. The van der Waals surface area contributed by atoms with Crippen molar-refractivity contribution in [1.29, 1.82) is 0 Å². The van der Waals surface area contributed by atoms with Crippen LogP contribution in [0.1, 0.15) is 0 Å². The minimum absolute atomic E-state index is 0.0128. The molecule has 0 rings (SSSR count). The average Bonchev–Trinajstić information content (AvgIpc) is 2.35. The zero-order chi connectivity index (χ0) is 13.4. The summed E-state index contributed by atoms with van der Waals surface area (Å²) in [6, 6.07) is 0. The van der Waals surface area contributed by atoms with Crippen molar-refractivity contribution in [3.8, 4) is 0 Å². The van der Waals surface area contributed by atoms with E-state index >= 15 is 0 Å². The van der Waals surface area contributed by atoms with E-state index in [-0.39, 0.29) is 13.1 Å². The van der Waals surface area contributed by atoms with Crippen molar-refractivity contribution in [2.45, 2.75) is 30.5 Å². The number of rotatable bonds is 9. The van der Waals surface area contributed by atoms with Crippen molar-refractivity contribution >= 4 is 0 Å². The first-order valence-electron chi connectivity index (χ1n) is 5.26. The quantitative estimate of drug-likeness (QED) is 0.205. The average molecular weight is 255 g/mol. The summed E-state index contributed by atoms with van der Waals surface area (Å²) < 4.78 is 0. The van der Waals surface area contributed by atoms with Crippen LogP contribution >= 0.6 is 0 Å². The van der Waals surface area contributed by atoms with Crippen molar-refractivity contribution in [2.75, 3.05) is 26.3 Å². The van der Waals surface area contributed by atoms with Gasteiger partial charge in [0.2, 0.25) is 0 Å². The second-order valence-electron chi connectivity index (χ2n) is 3.79. The molecule has 0 radical (unpaired) electrons. The molecule has 8 nitrogen and oxygen atoms in total. The Morgan fingerprint density at radius 1 is 0.706 bits per heavy atom. The van der Waals surface area contributed by atoms with Gasteiger partial charge in [-0.05, 0) is 0 Å². The maximum atomic E-state index is 9.41. The molecule has 0 spiro atoms. The summed E-state index contributed by atoms with van der Waals surface area (Å²) >= 11 is 0. The SMILES string of the molecule is OCC(O)CNCC(O)C(O)C(O)C(O)CO. The van der Waals surface area contributed by atoms with Gasteiger partial charge < -0.3 is 41.1 Å². The predicted octanol–water partition coefficient (Wildman–Crippen LogP) is -4.63. The number of hydrogen-bond acceptors (Lipinski definition) is 8. The first kappa shape index (κ1) is 16.7. The van der Waals surface area contributed by atoms with Gasteiger partial charge >= 0.3 is 0 Å². The number of aliphatic hydroxyl groups is 7. The Kier molecular flexibility index (Phi) is 8.56. The summed E-state index contributed by atoms with van der Waals surface area (Å²) in [5.41, 5.74) is 0. The lowest BCUT2D eigenvalue weighted by atomic mass is 10.0. The Labute approximate surface area is 98.8 Å². The Morgan fingerprint density at radius 2 is 1.24 bits per heavy atom. The van der Waals surface area contributed by atoms with E-state index in [9.17, 15) is 15.3 Å². The van der Waals surface area contributed by atoms with Crippen LogP contribution in [0.25, 0.3) is 0 Å². The molecule has 0 aliphatic carbocycles. The Morgan fingerprint density at radius 3 is 1.71 bits per heavy atom. The molecular weight excluding hydrogens is 234 g/mol. The molecule has 0 aromatic rings. The van der Waals surface area contributed by atoms with Crippen molar-refractivity contribution in [2.24, 2.45) is 0 Å². The van der Waals surface area contributed by atoms with Crippen LogP contribution < -0.4 is 5.32 Å². The highest BCUT2D eigenvalue weighted by Gasteiger charge is 2.29. The van der Waals surface area contributed by atoms with Gasteiger partial charge in [-0.15, -0.1) is 0 Å². The van der Waals surface area contributed by atoms with Crippen LogP contribution in [0.4, 0.5) is 0 Å². The second kappa shape index (κ2) is 8.72. The standard InChI is InChI=1S/C9H21NO7/c11-3-5(13)1-10-2-6(14)8(16)9(17)7(15)4-12/h5-17H,1-4H2. The maximum Gasteiger partial charge on any atom is 0.111 e. The Hall–Kier alpha value is -0.320. The lowest BCUT2D eigenvalue weighted by Gasteiger charge is -2.26. The van der Waals surface area contributed by atoms with Crippen molar-refractivity contribution in [3.05, 3.63) is 0 Å². The van der Waals surface area contributed by atoms with Crippen LogP contribution in [0.3, 0.4) is 0 Å². The van der Waals surface area contributed by atoms with Crippen molar-refractivity contribution in [3.63, 3.8) is 0 Å². The third-order valence-electron chi connectivity index (χ3n) is 2.27. The minimum atomic E-state index is -1.67. The molecule has 8 N–H and O–H groups in total. The summed E-state index contributed by atoms with van der Waals surface area (Å²) in [7, 11) is 0. The normalized spacial score (nSPS) is 20.6. The molecule has 0 amide bonds. The van der Waals surface area contributed by atoms with Gasteiger partial charge in [0, 0.05) is 13.1 Å². The fraction of sp³-hybridized carbons (Fsp3) is 1.00. The number of nitrogens with one attached hydrogen (secondary N) is 1. The third-order valence-corrected chi connectivity index (χ3v) is 2.27. The third kappa shape index (κ3) is 6.24. The molecule has 0 fully saturated rings.